The summed E-state index contributed by atoms with van der Waals surface area (Å²) in [5, 5.41) is 0. The van der Waals surface area contributed by atoms with Gasteiger partial charge in [-0.25, -0.2) is 0 Å². The molecular formula is C33H60N4O7. The molecule has 254 valence electrons. The van der Waals surface area contributed by atoms with Gasteiger partial charge in [-0.3, -0.25) is 24.2 Å². The standard InChI is InChI=1S/C33H60N4O7/c1-22-18-33(7,41-11)30(44-28-17-26(34(8)9)16-23(2)43-28)24(3)29(39)32(5,6)31(40)42-21-27(35(10)19-22)20-36-12-14-37(15-13-36)25(4)38/h22-24,26-28,30H,12-21H2,1-11H3/t22-,23-,24+,26+,27-,28+,30-,33-/m1/s1. The number of ketones is 1. The maximum atomic E-state index is 14.2. The van der Waals surface area contributed by atoms with Gasteiger partial charge in [0.05, 0.1) is 23.9 Å². The van der Waals surface area contributed by atoms with Gasteiger partial charge in [-0.2, -0.15) is 0 Å². The summed E-state index contributed by atoms with van der Waals surface area (Å²) < 4.78 is 25.2. The van der Waals surface area contributed by atoms with Crippen molar-refractivity contribution >= 4 is 17.7 Å². The maximum absolute atomic E-state index is 14.2. The van der Waals surface area contributed by atoms with Crippen molar-refractivity contribution in [3.63, 3.8) is 0 Å². The highest BCUT2D eigenvalue weighted by Crippen LogP contribution is 2.38. The van der Waals surface area contributed by atoms with Crippen molar-refractivity contribution < 1.29 is 33.3 Å². The first-order valence-corrected chi connectivity index (χ1v) is 16.4. The van der Waals surface area contributed by atoms with Gasteiger partial charge in [0.25, 0.3) is 0 Å². The van der Waals surface area contributed by atoms with E-state index in [1.165, 1.54) is 0 Å². The number of hydrogen-bond donors (Lipinski definition) is 0. The van der Waals surface area contributed by atoms with Crippen molar-refractivity contribution in [3.8, 4) is 0 Å². The van der Waals surface area contributed by atoms with Crippen LogP contribution in [0.1, 0.15) is 67.7 Å². The molecule has 0 N–H and O–H groups in total. The van der Waals surface area contributed by atoms with Crippen molar-refractivity contribution in [2.75, 3.05) is 74.1 Å². The Hall–Kier alpha value is -1.63. The molecule has 8 atom stereocenters. The van der Waals surface area contributed by atoms with Gasteiger partial charge >= 0.3 is 5.97 Å². The molecule has 44 heavy (non-hydrogen) atoms. The van der Waals surface area contributed by atoms with Crippen LogP contribution in [0.3, 0.4) is 0 Å². The predicted molar refractivity (Wildman–Crippen MR) is 169 cm³/mol. The molecule has 0 aromatic rings. The number of carbonyl (C=O) groups excluding carboxylic acids is 3. The van der Waals surface area contributed by atoms with Crippen molar-refractivity contribution in [3.05, 3.63) is 0 Å². The smallest absolute Gasteiger partial charge is 0.319 e. The zero-order valence-electron chi connectivity index (χ0n) is 29.3. The molecular weight excluding hydrogens is 564 g/mol. The van der Waals surface area contributed by atoms with Crippen LogP contribution < -0.4 is 0 Å². The average Bonchev–Trinajstić information content (AvgIpc) is 2.96. The monoisotopic (exact) mass is 624 g/mol. The molecule has 0 aromatic carbocycles. The number of ether oxygens (including phenoxy) is 4. The Balaban J connectivity index is 1.89. The number of nitrogens with zero attached hydrogens (tertiary/aromatic N) is 4. The Morgan fingerprint density at radius 2 is 1.68 bits per heavy atom. The average molecular weight is 625 g/mol. The number of carbonyl (C=O) groups is 3. The number of esters is 1. The van der Waals surface area contributed by atoms with E-state index in [2.05, 4.69) is 49.7 Å². The lowest BCUT2D eigenvalue weighted by atomic mass is 9.74. The van der Waals surface area contributed by atoms with E-state index in [0.717, 1.165) is 26.1 Å². The third-order valence-electron chi connectivity index (χ3n) is 10.2. The predicted octanol–water partition coefficient (Wildman–Crippen LogP) is 2.51. The lowest BCUT2D eigenvalue weighted by Gasteiger charge is -2.45. The van der Waals surface area contributed by atoms with E-state index in [4.69, 9.17) is 18.9 Å². The highest BCUT2D eigenvalue weighted by atomic mass is 16.7. The van der Waals surface area contributed by atoms with Crippen LogP contribution in [0.5, 0.6) is 0 Å². The Morgan fingerprint density at radius 3 is 2.25 bits per heavy atom. The highest BCUT2D eigenvalue weighted by molar-refractivity contribution is 6.04. The molecule has 1 amide bonds. The van der Waals surface area contributed by atoms with Crippen LogP contribution in [0, 0.1) is 17.3 Å². The van der Waals surface area contributed by atoms with E-state index >= 15 is 0 Å². The quantitative estimate of drug-likeness (QED) is 0.324. The van der Waals surface area contributed by atoms with E-state index in [9.17, 15) is 14.4 Å². The summed E-state index contributed by atoms with van der Waals surface area (Å²) in [5.41, 5.74) is -2.20. The molecule has 0 aliphatic carbocycles. The van der Waals surface area contributed by atoms with Crippen LogP contribution in [-0.2, 0) is 33.3 Å². The summed E-state index contributed by atoms with van der Waals surface area (Å²) in [6.45, 7) is 17.6. The molecule has 3 rings (SSSR count). The zero-order valence-corrected chi connectivity index (χ0v) is 29.3. The number of likely N-dealkylation sites (N-methyl/N-ethyl adjacent to an activating group) is 1. The summed E-state index contributed by atoms with van der Waals surface area (Å²) in [6.07, 6.45) is 1.10. The Morgan fingerprint density at radius 1 is 1.05 bits per heavy atom. The number of rotatable bonds is 6. The van der Waals surface area contributed by atoms with Gasteiger partial charge in [0.1, 0.15) is 12.0 Å². The topological polar surface area (TPSA) is 101 Å². The van der Waals surface area contributed by atoms with Crippen LogP contribution in [0.25, 0.3) is 0 Å². The molecule has 3 fully saturated rings. The Labute approximate surface area is 265 Å². The Bertz CT molecular complexity index is 985. The van der Waals surface area contributed by atoms with Gasteiger partial charge in [-0.1, -0.05) is 13.8 Å². The molecule has 0 spiro atoms. The van der Waals surface area contributed by atoms with E-state index in [1.807, 2.05) is 18.7 Å². The second-order valence-corrected chi connectivity index (χ2v) is 14.6. The van der Waals surface area contributed by atoms with Gasteiger partial charge in [0.2, 0.25) is 5.91 Å². The van der Waals surface area contributed by atoms with Gasteiger partial charge in [0, 0.05) is 71.7 Å². The summed E-state index contributed by atoms with van der Waals surface area (Å²) in [4.78, 5) is 48.2. The first kappa shape index (κ1) is 36.8. The van der Waals surface area contributed by atoms with Crippen molar-refractivity contribution in [2.45, 2.75) is 104 Å². The molecule has 11 heteroatoms. The van der Waals surface area contributed by atoms with Gasteiger partial charge < -0.3 is 28.7 Å². The fraction of sp³-hybridized carbons (Fsp3) is 0.909. The molecule has 0 bridgehead atoms. The lowest BCUT2D eigenvalue weighted by Crippen LogP contribution is -2.55. The first-order valence-electron chi connectivity index (χ1n) is 16.4. The van der Waals surface area contributed by atoms with Gasteiger partial charge in [-0.15, -0.1) is 0 Å². The molecule has 3 aliphatic heterocycles. The van der Waals surface area contributed by atoms with Crippen molar-refractivity contribution in [1.82, 2.24) is 19.6 Å². The largest absolute Gasteiger partial charge is 0.463 e. The maximum Gasteiger partial charge on any atom is 0.319 e. The van der Waals surface area contributed by atoms with Crippen LogP contribution in [0.4, 0.5) is 0 Å². The molecule has 3 heterocycles. The number of methoxy groups -OCH3 is 1. The summed E-state index contributed by atoms with van der Waals surface area (Å²) in [7, 11) is 7.87. The molecule has 0 aromatic heterocycles. The van der Waals surface area contributed by atoms with E-state index in [-0.39, 0.29) is 36.4 Å². The normalized spacial score (nSPS) is 37.2. The third kappa shape index (κ3) is 9.00. The van der Waals surface area contributed by atoms with E-state index in [1.54, 1.807) is 27.9 Å². The minimum atomic E-state index is -1.38. The molecule has 3 saturated heterocycles. The second-order valence-electron chi connectivity index (χ2n) is 14.6. The van der Waals surface area contributed by atoms with Gasteiger partial charge in [-0.05, 0) is 67.6 Å². The minimum absolute atomic E-state index is 0.0112. The SMILES string of the molecule is CO[C@]1(C)C[C@@H](C)CN(C)[C@H](CN2CCN(C(C)=O)CC2)COC(=O)C(C)(C)C(=O)[C@H](C)[C@H]1O[C@H]1C[C@@H](N(C)C)C[C@@H](C)O1. The second kappa shape index (κ2) is 15.3. The van der Waals surface area contributed by atoms with Crippen molar-refractivity contribution in [1.29, 1.82) is 0 Å². The molecule has 0 radical (unpaired) electrons. The zero-order chi connectivity index (χ0) is 33.0. The molecule has 3 aliphatic rings. The van der Waals surface area contributed by atoms with Crippen LogP contribution in [0.2, 0.25) is 0 Å². The summed E-state index contributed by atoms with van der Waals surface area (Å²) in [6, 6.07) is 0.218. The molecule has 11 nitrogen and oxygen atoms in total. The number of cyclic esters (lactones) is 1. The van der Waals surface area contributed by atoms with E-state index < -0.39 is 35.3 Å². The van der Waals surface area contributed by atoms with Crippen LogP contribution in [-0.4, -0.2) is 148 Å². The number of amides is 1. The summed E-state index contributed by atoms with van der Waals surface area (Å²) in [5.74, 6) is -1.14. The fourth-order valence-electron chi connectivity index (χ4n) is 7.27. The Kier molecular flexibility index (Phi) is 12.8. The first-order chi connectivity index (χ1) is 20.5. The van der Waals surface area contributed by atoms with Crippen LogP contribution >= 0.6 is 0 Å². The minimum Gasteiger partial charge on any atom is -0.463 e. The van der Waals surface area contributed by atoms with Gasteiger partial charge in [0.15, 0.2) is 12.1 Å². The highest BCUT2D eigenvalue weighted by Gasteiger charge is 2.50. The lowest BCUT2D eigenvalue weighted by molar-refractivity contribution is -0.263. The van der Waals surface area contributed by atoms with Crippen molar-refractivity contribution in [2.24, 2.45) is 17.3 Å². The van der Waals surface area contributed by atoms with E-state index in [0.29, 0.717) is 38.5 Å². The third-order valence-corrected chi connectivity index (χ3v) is 10.2. The number of hydrogen-bond acceptors (Lipinski definition) is 10. The molecule has 0 saturated carbocycles. The van der Waals surface area contributed by atoms with Crippen LogP contribution in [0.15, 0.2) is 0 Å². The molecule has 0 unspecified atom stereocenters. The number of piperazine rings is 1. The number of Topliss-reactive ketones (excluding diaryl/α,β-unsaturated/α-hetero) is 1. The fourth-order valence-corrected chi connectivity index (χ4v) is 7.27. The summed E-state index contributed by atoms with van der Waals surface area (Å²) >= 11 is 0.